The molecule has 1 aliphatic rings. The van der Waals surface area contributed by atoms with Gasteiger partial charge >= 0.3 is 13.9 Å². The van der Waals surface area contributed by atoms with Gasteiger partial charge in [-0.3, -0.25) is 19.5 Å². The molecule has 0 bridgehead atoms. The summed E-state index contributed by atoms with van der Waals surface area (Å²) in [5.74, 6) is -7.60. The summed E-state index contributed by atoms with van der Waals surface area (Å²) >= 11 is 0. The zero-order chi connectivity index (χ0) is 29.5. The molecule has 1 atom stereocenters. The first kappa shape index (κ1) is 29.0. The molecule has 4 rings (SSSR count). The highest BCUT2D eigenvalue weighted by Gasteiger charge is 2.35. The number of hydrogen-bond acceptors (Lipinski definition) is 4. The fraction of sp³-hybridized carbons (Fsp3) is 0.200. The highest BCUT2D eigenvalue weighted by Crippen LogP contribution is 2.40. The Balaban J connectivity index is 1.65. The Kier molecular flexibility index (Phi) is 7.88. The molecule has 0 saturated heterocycles. The largest absolute Gasteiger partial charge is 0.524 e. The maximum atomic E-state index is 14.8. The normalized spacial score (nSPS) is 15.2. The molecule has 1 aliphatic heterocycles. The molecule has 212 valence electrons. The number of phosphoric ester groups is 1. The maximum absolute atomic E-state index is 14.8. The van der Waals surface area contributed by atoms with Crippen molar-refractivity contribution in [1.29, 1.82) is 0 Å². The van der Waals surface area contributed by atoms with E-state index in [4.69, 9.17) is 9.79 Å². The van der Waals surface area contributed by atoms with Gasteiger partial charge in [0.25, 0.3) is 5.91 Å². The summed E-state index contributed by atoms with van der Waals surface area (Å²) in [7, 11) is -3.64. The van der Waals surface area contributed by atoms with E-state index in [1.807, 2.05) is 0 Å². The molecule has 0 radical (unpaired) electrons. The number of phosphoric acid groups is 1. The van der Waals surface area contributed by atoms with Crippen molar-refractivity contribution >= 4 is 25.4 Å². The van der Waals surface area contributed by atoms with Gasteiger partial charge in [0.05, 0.1) is 18.3 Å². The number of amides is 3. The molecule has 40 heavy (non-hydrogen) atoms. The molecule has 9 nitrogen and oxygen atoms in total. The first-order valence-corrected chi connectivity index (χ1v) is 13.0. The van der Waals surface area contributed by atoms with Crippen molar-refractivity contribution < 1.29 is 50.4 Å². The zero-order valence-electron chi connectivity index (χ0n) is 20.8. The van der Waals surface area contributed by atoms with E-state index in [1.165, 1.54) is 30.1 Å². The number of carbonyl (C=O) groups is 2. The molecule has 3 aromatic rings. The van der Waals surface area contributed by atoms with Crippen LogP contribution in [0, 0.1) is 29.1 Å². The monoisotopic (exact) mass is 585 g/mol. The molecule has 0 saturated carbocycles. The van der Waals surface area contributed by atoms with Crippen molar-refractivity contribution in [2.75, 3.05) is 11.9 Å². The van der Waals surface area contributed by atoms with E-state index in [9.17, 15) is 36.1 Å². The number of urea groups is 1. The molecular formula is C25H21F5N3O6P. The Morgan fingerprint density at radius 2 is 1.55 bits per heavy atom. The summed E-state index contributed by atoms with van der Waals surface area (Å²) in [6.07, 6.45) is 0. The highest BCUT2D eigenvalue weighted by molar-refractivity contribution is 7.46. The Labute approximate surface area is 224 Å². The highest BCUT2D eigenvalue weighted by atomic mass is 31.2. The first-order chi connectivity index (χ1) is 18.7. The van der Waals surface area contributed by atoms with Gasteiger partial charge in [-0.05, 0) is 24.6 Å². The van der Waals surface area contributed by atoms with Crippen molar-refractivity contribution in [2.45, 2.75) is 26.1 Å². The van der Waals surface area contributed by atoms with Gasteiger partial charge in [-0.2, -0.15) is 0 Å². The predicted octanol–water partition coefficient (Wildman–Crippen LogP) is 4.92. The number of benzene rings is 3. The van der Waals surface area contributed by atoms with Gasteiger partial charge in [-0.15, -0.1) is 0 Å². The lowest BCUT2D eigenvalue weighted by Crippen LogP contribution is -2.47. The molecular weight excluding hydrogens is 564 g/mol. The molecule has 1 heterocycles. The van der Waals surface area contributed by atoms with Gasteiger partial charge in [0.2, 0.25) is 0 Å². The first-order valence-electron chi connectivity index (χ1n) is 11.5. The molecule has 1 unspecified atom stereocenters. The van der Waals surface area contributed by atoms with E-state index in [2.05, 4.69) is 9.84 Å². The lowest BCUT2D eigenvalue weighted by molar-refractivity contribution is 0.0950. The van der Waals surface area contributed by atoms with Crippen molar-refractivity contribution in [1.82, 2.24) is 10.2 Å². The minimum absolute atomic E-state index is 0.0532. The van der Waals surface area contributed by atoms with Crippen LogP contribution in [-0.2, 0) is 17.7 Å². The van der Waals surface area contributed by atoms with E-state index >= 15 is 0 Å². The molecule has 0 fully saturated rings. The Morgan fingerprint density at radius 3 is 2.12 bits per heavy atom. The number of rotatable bonds is 7. The van der Waals surface area contributed by atoms with Crippen LogP contribution in [0.5, 0.6) is 5.75 Å². The SMILES string of the molecule is CC1c2ccc(C(=O)NCc3c(F)cc(F)cc3F)cc2N(Cc2c(F)cc(OP(=O)(O)O)cc2F)C(=O)N1C. The van der Waals surface area contributed by atoms with Crippen LogP contribution in [0.1, 0.15) is 40.0 Å². The topological polar surface area (TPSA) is 119 Å². The predicted molar refractivity (Wildman–Crippen MR) is 131 cm³/mol. The third-order valence-corrected chi connectivity index (χ3v) is 6.78. The zero-order valence-corrected chi connectivity index (χ0v) is 21.7. The maximum Gasteiger partial charge on any atom is 0.524 e. The van der Waals surface area contributed by atoms with Crippen LogP contribution in [-0.4, -0.2) is 33.7 Å². The van der Waals surface area contributed by atoms with Crippen LogP contribution in [0.4, 0.5) is 32.4 Å². The Hall–Kier alpha value is -4.00. The summed E-state index contributed by atoms with van der Waals surface area (Å²) < 4.78 is 85.9. The number of fused-ring (bicyclic) bond motifs is 1. The summed E-state index contributed by atoms with van der Waals surface area (Å²) in [5, 5.41) is 2.31. The third-order valence-electron chi connectivity index (χ3n) is 6.33. The van der Waals surface area contributed by atoms with Crippen molar-refractivity contribution in [3.05, 3.63) is 93.8 Å². The number of carbonyl (C=O) groups excluding carboxylic acids is 2. The average molecular weight is 585 g/mol. The molecule has 3 amide bonds. The third kappa shape index (κ3) is 5.93. The van der Waals surface area contributed by atoms with Crippen LogP contribution in [0.25, 0.3) is 0 Å². The van der Waals surface area contributed by atoms with Crippen LogP contribution >= 0.6 is 7.82 Å². The van der Waals surface area contributed by atoms with E-state index in [0.717, 1.165) is 4.90 Å². The summed E-state index contributed by atoms with van der Waals surface area (Å²) in [6.45, 7) is 0.395. The lowest BCUT2D eigenvalue weighted by atomic mass is 9.98. The number of hydrogen-bond donors (Lipinski definition) is 3. The molecule has 3 aromatic carbocycles. The van der Waals surface area contributed by atoms with Crippen molar-refractivity contribution in [2.24, 2.45) is 0 Å². The van der Waals surface area contributed by atoms with E-state index in [1.54, 1.807) is 6.92 Å². The number of anilines is 1. The van der Waals surface area contributed by atoms with Crippen LogP contribution in [0.3, 0.4) is 0 Å². The summed E-state index contributed by atoms with van der Waals surface area (Å²) in [6, 6.07) is 5.02. The van der Waals surface area contributed by atoms with Crippen LogP contribution < -0.4 is 14.7 Å². The molecule has 3 N–H and O–H groups in total. The molecule has 0 aromatic heterocycles. The van der Waals surface area contributed by atoms with Gasteiger partial charge in [0.1, 0.15) is 34.8 Å². The minimum atomic E-state index is -5.10. The summed E-state index contributed by atoms with van der Waals surface area (Å²) in [4.78, 5) is 46.0. The second-order valence-electron chi connectivity index (χ2n) is 8.91. The van der Waals surface area contributed by atoms with E-state index in [0.29, 0.717) is 29.8 Å². The molecule has 15 heteroatoms. The Bertz CT molecular complexity index is 1520. The van der Waals surface area contributed by atoms with Crippen molar-refractivity contribution in [3.63, 3.8) is 0 Å². The number of halogens is 5. The smallest absolute Gasteiger partial charge is 0.404 e. The van der Waals surface area contributed by atoms with E-state index < -0.39 is 84.9 Å². The lowest BCUT2D eigenvalue weighted by Gasteiger charge is -2.39. The standard InChI is InChI=1S/C25H21F5N3O6P/c1-12-16-4-3-13(24(34)31-10-17-19(27)6-14(26)7-20(17)28)5-23(16)33(25(35)32(12)2)11-18-21(29)8-15(9-22(18)30)39-40(36,37)38/h3-9,12H,10-11H2,1-2H3,(H,31,34)(H2,36,37,38). The van der Waals surface area contributed by atoms with Gasteiger partial charge in [-0.1, -0.05) is 6.07 Å². The fourth-order valence-corrected chi connectivity index (χ4v) is 4.56. The second kappa shape index (κ2) is 10.9. The van der Waals surface area contributed by atoms with Gasteiger partial charge in [0, 0.05) is 54.5 Å². The van der Waals surface area contributed by atoms with Crippen LogP contribution in [0.15, 0.2) is 42.5 Å². The van der Waals surface area contributed by atoms with E-state index in [-0.39, 0.29) is 11.3 Å². The van der Waals surface area contributed by atoms with Crippen LogP contribution in [0.2, 0.25) is 0 Å². The summed E-state index contributed by atoms with van der Waals surface area (Å²) in [5.41, 5.74) is -0.620. The minimum Gasteiger partial charge on any atom is -0.404 e. The van der Waals surface area contributed by atoms with Crippen molar-refractivity contribution in [3.8, 4) is 5.75 Å². The fourth-order valence-electron chi connectivity index (χ4n) is 4.18. The molecule has 0 aliphatic carbocycles. The average Bonchev–Trinajstić information content (AvgIpc) is 2.84. The quantitative estimate of drug-likeness (QED) is 0.268. The van der Waals surface area contributed by atoms with Gasteiger partial charge < -0.3 is 14.7 Å². The Morgan fingerprint density at radius 1 is 0.975 bits per heavy atom. The van der Waals surface area contributed by atoms with Gasteiger partial charge in [-0.25, -0.2) is 31.3 Å². The number of nitrogens with zero attached hydrogens (tertiary/aromatic N) is 2. The molecule has 0 spiro atoms. The second-order valence-corrected chi connectivity index (χ2v) is 10.1. The number of nitrogens with one attached hydrogen (secondary N) is 1. The van der Waals surface area contributed by atoms with Gasteiger partial charge in [0.15, 0.2) is 0 Å².